The monoisotopic (exact) mass is 259 g/mol. The molecule has 0 spiro atoms. The highest BCUT2D eigenvalue weighted by Crippen LogP contribution is 2.40. The van der Waals surface area contributed by atoms with Gasteiger partial charge in [-0.25, -0.2) is 0 Å². The minimum absolute atomic E-state index is 0.532. The van der Waals surface area contributed by atoms with E-state index in [-0.39, 0.29) is 0 Å². The van der Waals surface area contributed by atoms with Crippen molar-refractivity contribution in [1.82, 2.24) is 5.32 Å². The van der Waals surface area contributed by atoms with E-state index in [2.05, 4.69) is 56.4 Å². The second-order valence-corrected chi connectivity index (χ2v) is 6.76. The molecule has 0 aliphatic heterocycles. The summed E-state index contributed by atoms with van der Waals surface area (Å²) in [4.78, 5) is 0. The Morgan fingerprint density at radius 3 is 2.26 bits per heavy atom. The Morgan fingerprint density at radius 1 is 1.05 bits per heavy atom. The molecule has 0 atom stereocenters. The highest BCUT2D eigenvalue weighted by Gasteiger charge is 2.31. The van der Waals surface area contributed by atoms with E-state index in [0.717, 1.165) is 18.5 Å². The summed E-state index contributed by atoms with van der Waals surface area (Å²) in [6.45, 7) is 8.23. The quantitative estimate of drug-likeness (QED) is 0.803. The smallest absolute Gasteiger partial charge is 0.0208 e. The molecule has 2 rings (SSSR count). The average molecular weight is 259 g/mol. The van der Waals surface area contributed by atoms with E-state index >= 15 is 0 Å². The number of benzene rings is 1. The van der Waals surface area contributed by atoms with Crippen LogP contribution in [0.1, 0.15) is 58.4 Å². The molecule has 0 bridgehead atoms. The normalized spacial score (nSPS) is 24.4. The summed E-state index contributed by atoms with van der Waals surface area (Å²) in [6, 6.07) is 11.5. The molecule has 1 saturated carbocycles. The van der Waals surface area contributed by atoms with Crippen molar-refractivity contribution in [3.05, 3.63) is 35.9 Å². The van der Waals surface area contributed by atoms with Gasteiger partial charge in [0.2, 0.25) is 0 Å². The molecule has 1 aromatic rings. The molecule has 0 aromatic heterocycles. The first kappa shape index (κ1) is 14.6. The van der Waals surface area contributed by atoms with E-state index in [1.807, 2.05) is 0 Å². The Hall–Kier alpha value is -0.820. The van der Waals surface area contributed by atoms with Gasteiger partial charge in [0.25, 0.3) is 0 Å². The predicted octanol–water partition coefficient (Wildman–Crippen LogP) is 4.77. The maximum Gasteiger partial charge on any atom is 0.0208 e. The SMILES string of the molecule is CCC(C)(C)[C@H]1CC[C@@H](NCc2ccccc2)CC1. The summed E-state index contributed by atoms with van der Waals surface area (Å²) >= 11 is 0. The zero-order valence-electron chi connectivity index (χ0n) is 12.8. The Kier molecular flexibility index (Phi) is 5.04. The highest BCUT2D eigenvalue weighted by atomic mass is 14.9. The van der Waals surface area contributed by atoms with Crippen LogP contribution >= 0.6 is 0 Å². The van der Waals surface area contributed by atoms with Crippen LogP contribution in [0, 0.1) is 11.3 Å². The van der Waals surface area contributed by atoms with Crippen molar-refractivity contribution < 1.29 is 0 Å². The van der Waals surface area contributed by atoms with Gasteiger partial charge in [0.15, 0.2) is 0 Å². The van der Waals surface area contributed by atoms with E-state index < -0.39 is 0 Å². The van der Waals surface area contributed by atoms with Crippen molar-refractivity contribution >= 4 is 0 Å². The zero-order chi connectivity index (χ0) is 13.7. The molecule has 1 aromatic carbocycles. The molecule has 0 heterocycles. The first-order valence-corrected chi connectivity index (χ1v) is 7.89. The van der Waals surface area contributed by atoms with Crippen LogP contribution < -0.4 is 5.32 Å². The number of rotatable bonds is 5. The lowest BCUT2D eigenvalue weighted by Gasteiger charge is -2.39. The maximum atomic E-state index is 3.73. The molecule has 0 unspecified atom stereocenters. The molecular formula is C18H29N. The number of hydrogen-bond acceptors (Lipinski definition) is 1. The molecule has 106 valence electrons. The summed E-state index contributed by atoms with van der Waals surface area (Å²) in [5, 5.41) is 3.73. The van der Waals surface area contributed by atoms with E-state index in [1.54, 1.807) is 0 Å². The first-order chi connectivity index (χ1) is 9.12. The summed E-state index contributed by atoms with van der Waals surface area (Å²) in [5.41, 5.74) is 1.93. The summed E-state index contributed by atoms with van der Waals surface area (Å²) in [6.07, 6.45) is 6.79. The van der Waals surface area contributed by atoms with Gasteiger partial charge in [-0.15, -0.1) is 0 Å². The molecule has 0 amide bonds. The van der Waals surface area contributed by atoms with Gasteiger partial charge in [-0.2, -0.15) is 0 Å². The number of hydrogen-bond donors (Lipinski definition) is 1. The molecule has 1 aliphatic carbocycles. The van der Waals surface area contributed by atoms with Crippen LogP contribution in [0.15, 0.2) is 30.3 Å². The number of nitrogens with one attached hydrogen (secondary N) is 1. The topological polar surface area (TPSA) is 12.0 Å². The molecule has 1 fully saturated rings. The van der Waals surface area contributed by atoms with Gasteiger partial charge in [0, 0.05) is 12.6 Å². The minimum atomic E-state index is 0.532. The molecule has 1 aliphatic rings. The summed E-state index contributed by atoms with van der Waals surface area (Å²) < 4.78 is 0. The van der Waals surface area contributed by atoms with Crippen LogP contribution in [0.5, 0.6) is 0 Å². The van der Waals surface area contributed by atoms with Gasteiger partial charge in [0.05, 0.1) is 0 Å². The van der Waals surface area contributed by atoms with E-state index in [0.29, 0.717) is 5.41 Å². The van der Waals surface area contributed by atoms with Gasteiger partial charge in [-0.05, 0) is 42.6 Å². The Bertz CT molecular complexity index is 361. The van der Waals surface area contributed by atoms with Gasteiger partial charge in [-0.1, -0.05) is 57.5 Å². The Morgan fingerprint density at radius 2 is 1.68 bits per heavy atom. The van der Waals surface area contributed by atoms with Crippen LogP contribution in [0.25, 0.3) is 0 Å². The highest BCUT2D eigenvalue weighted by molar-refractivity contribution is 5.14. The molecular weight excluding hydrogens is 230 g/mol. The lowest BCUT2D eigenvalue weighted by atomic mass is 9.69. The largest absolute Gasteiger partial charge is 0.310 e. The molecule has 0 radical (unpaired) electrons. The molecule has 1 heteroatoms. The van der Waals surface area contributed by atoms with Crippen molar-refractivity contribution in [2.24, 2.45) is 11.3 Å². The Balaban J connectivity index is 1.75. The van der Waals surface area contributed by atoms with E-state index in [4.69, 9.17) is 0 Å². The molecule has 0 saturated heterocycles. The van der Waals surface area contributed by atoms with Crippen LogP contribution in [0.4, 0.5) is 0 Å². The fourth-order valence-electron chi connectivity index (χ4n) is 3.23. The van der Waals surface area contributed by atoms with Crippen molar-refractivity contribution in [1.29, 1.82) is 0 Å². The van der Waals surface area contributed by atoms with Gasteiger partial charge in [0.1, 0.15) is 0 Å². The van der Waals surface area contributed by atoms with Crippen LogP contribution in [-0.2, 0) is 6.54 Å². The third kappa shape index (κ3) is 4.07. The fraction of sp³-hybridized carbons (Fsp3) is 0.667. The second-order valence-electron chi connectivity index (χ2n) is 6.76. The van der Waals surface area contributed by atoms with Crippen LogP contribution in [0.3, 0.4) is 0 Å². The lowest BCUT2D eigenvalue weighted by molar-refractivity contribution is 0.137. The molecule has 1 N–H and O–H groups in total. The predicted molar refractivity (Wildman–Crippen MR) is 83.1 cm³/mol. The van der Waals surface area contributed by atoms with Crippen molar-refractivity contribution in [2.75, 3.05) is 0 Å². The van der Waals surface area contributed by atoms with Crippen molar-refractivity contribution in [2.45, 2.75) is 65.5 Å². The van der Waals surface area contributed by atoms with E-state index in [9.17, 15) is 0 Å². The van der Waals surface area contributed by atoms with Crippen molar-refractivity contribution in [3.8, 4) is 0 Å². The van der Waals surface area contributed by atoms with Gasteiger partial charge < -0.3 is 5.32 Å². The molecule has 1 nitrogen and oxygen atoms in total. The third-order valence-corrected chi connectivity index (χ3v) is 5.18. The standard InChI is InChI=1S/C18H29N/c1-4-18(2,3)16-10-12-17(13-11-16)19-14-15-8-6-5-7-9-15/h5-9,16-17,19H,4,10-14H2,1-3H3/t16-,17+. The summed E-state index contributed by atoms with van der Waals surface area (Å²) in [5.74, 6) is 0.923. The lowest BCUT2D eigenvalue weighted by Crippen LogP contribution is -2.36. The summed E-state index contributed by atoms with van der Waals surface area (Å²) in [7, 11) is 0. The van der Waals surface area contributed by atoms with Crippen molar-refractivity contribution in [3.63, 3.8) is 0 Å². The average Bonchev–Trinajstić information content (AvgIpc) is 2.47. The first-order valence-electron chi connectivity index (χ1n) is 7.89. The van der Waals surface area contributed by atoms with Crippen LogP contribution in [0.2, 0.25) is 0 Å². The van der Waals surface area contributed by atoms with Gasteiger partial charge in [-0.3, -0.25) is 0 Å². The Labute approximate surface area is 118 Å². The zero-order valence-corrected chi connectivity index (χ0v) is 12.8. The third-order valence-electron chi connectivity index (χ3n) is 5.18. The molecule has 19 heavy (non-hydrogen) atoms. The maximum absolute atomic E-state index is 3.73. The van der Waals surface area contributed by atoms with Gasteiger partial charge >= 0.3 is 0 Å². The van der Waals surface area contributed by atoms with E-state index in [1.165, 1.54) is 37.7 Å². The fourth-order valence-corrected chi connectivity index (χ4v) is 3.23. The van der Waals surface area contributed by atoms with Crippen LogP contribution in [-0.4, -0.2) is 6.04 Å². The second kappa shape index (κ2) is 6.56. The minimum Gasteiger partial charge on any atom is -0.310 e.